The van der Waals surface area contributed by atoms with Crippen molar-refractivity contribution in [2.75, 3.05) is 0 Å². The molecule has 0 heterocycles. The Bertz CT molecular complexity index is 554. The normalized spacial score (nSPS) is 12.4. The van der Waals surface area contributed by atoms with E-state index in [1.165, 1.54) is 12.1 Å². The van der Waals surface area contributed by atoms with E-state index in [1.807, 2.05) is 0 Å². The van der Waals surface area contributed by atoms with Crippen molar-refractivity contribution in [3.63, 3.8) is 0 Å². The Labute approximate surface area is 103 Å². The van der Waals surface area contributed by atoms with Crippen LogP contribution in [0.25, 0.3) is 0 Å². The van der Waals surface area contributed by atoms with Crippen LogP contribution in [0, 0.1) is 17.5 Å². The molecule has 2 aromatic rings. The molecule has 0 aliphatic rings. The molecule has 18 heavy (non-hydrogen) atoms. The van der Waals surface area contributed by atoms with Crippen LogP contribution >= 0.6 is 0 Å². The SMILES string of the molecule is NC(Cc1ccc(F)c(F)c1)c1ccccc1F. The van der Waals surface area contributed by atoms with Crippen LogP contribution in [0.3, 0.4) is 0 Å². The second-order valence-electron chi connectivity index (χ2n) is 4.08. The molecule has 2 rings (SSSR count). The van der Waals surface area contributed by atoms with Gasteiger partial charge in [0.15, 0.2) is 11.6 Å². The third-order valence-electron chi connectivity index (χ3n) is 2.74. The molecule has 1 atom stereocenters. The molecule has 1 nitrogen and oxygen atoms in total. The van der Waals surface area contributed by atoms with Crippen LogP contribution in [-0.4, -0.2) is 0 Å². The first kappa shape index (κ1) is 12.6. The van der Waals surface area contributed by atoms with Gasteiger partial charge in [0.05, 0.1) is 0 Å². The lowest BCUT2D eigenvalue weighted by Crippen LogP contribution is -2.15. The van der Waals surface area contributed by atoms with E-state index < -0.39 is 23.5 Å². The highest BCUT2D eigenvalue weighted by molar-refractivity contribution is 5.25. The highest BCUT2D eigenvalue weighted by atomic mass is 19.2. The van der Waals surface area contributed by atoms with E-state index in [0.29, 0.717) is 11.1 Å². The Morgan fingerprint density at radius 1 is 0.889 bits per heavy atom. The summed E-state index contributed by atoms with van der Waals surface area (Å²) in [6.07, 6.45) is 0.248. The lowest BCUT2D eigenvalue weighted by Gasteiger charge is -2.13. The second kappa shape index (κ2) is 5.23. The maximum absolute atomic E-state index is 13.5. The maximum atomic E-state index is 13.5. The first-order chi connectivity index (χ1) is 8.58. The van der Waals surface area contributed by atoms with Crippen LogP contribution in [0.2, 0.25) is 0 Å². The minimum Gasteiger partial charge on any atom is -0.324 e. The molecule has 0 fully saturated rings. The van der Waals surface area contributed by atoms with Gasteiger partial charge in [0, 0.05) is 11.6 Å². The number of rotatable bonds is 3. The molecule has 2 N–H and O–H groups in total. The summed E-state index contributed by atoms with van der Waals surface area (Å²) in [7, 11) is 0. The monoisotopic (exact) mass is 251 g/mol. The molecule has 94 valence electrons. The van der Waals surface area contributed by atoms with Gasteiger partial charge in [0.25, 0.3) is 0 Å². The Morgan fingerprint density at radius 2 is 1.61 bits per heavy atom. The molecule has 2 aromatic carbocycles. The van der Waals surface area contributed by atoms with Gasteiger partial charge in [-0.2, -0.15) is 0 Å². The molecule has 1 unspecified atom stereocenters. The summed E-state index contributed by atoms with van der Waals surface area (Å²) in [5.74, 6) is -2.22. The fraction of sp³-hybridized carbons (Fsp3) is 0.143. The summed E-state index contributed by atoms with van der Waals surface area (Å²) in [5, 5.41) is 0. The highest BCUT2D eigenvalue weighted by Gasteiger charge is 2.12. The third-order valence-corrected chi connectivity index (χ3v) is 2.74. The van der Waals surface area contributed by atoms with E-state index in [9.17, 15) is 13.2 Å². The quantitative estimate of drug-likeness (QED) is 0.889. The van der Waals surface area contributed by atoms with Crippen molar-refractivity contribution in [1.82, 2.24) is 0 Å². The zero-order valence-electron chi connectivity index (χ0n) is 9.54. The molecule has 0 saturated heterocycles. The van der Waals surface area contributed by atoms with Gasteiger partial charge in [-0.15, -0.1) is 0 Å². The predicted molar refractivity (Wildman–Crippen MR) is 63.4 cm³/mol. The van der Waals surface area contributed by atoms with Crippen molar-refractivity contribution < 1.29 is 13.2 Å². The lowest BCUT2D eigenvalue weighted by atomic mass is 9.99. The van der Waals surface area contributed by atoms with Gasteiger partial charge < -0.3 is 5.73 Å². The zero-order chi connectivity index (χ0) is 13.1. The predicted octanol–water partition coefficient (Wildman–Crippen LogP) is 3.35. The van der Waals surface area contributed by atoms with Gasteiger partial charge in [0.1, 0.15) is 5.82 Å². The van der Waals surface area contributed by atoms with E-state index in [2.05, 4.69) is 0 Å². The topological polar surface area (TPSA) is 26.0 Å². The fourth-order valence-corrected chi connectivity index (χ4v) is 1.81. The van der Waals surface area contributed by atoms with Crippen LogP contribution in [0.1, 0.15) is 17.2 Å². The first-order valence-electron chi connectivity index (χ1n) is 5.52. The average molecular weight is 251 g/mol. The van der Waals surface area contributed by atoms with Gasteiger partial charge >= 0.3 is 0 Å². The lowest BCUT2D eigenvalue weighted by molar-refractivity contribution is 0.505. The van der Waals surface area contributed by atoms with E-state index >= 15 is 0 Å². The van der Waals surface area contributed by atoms with Crippen LogP contribution in [0.5, 0.6) is 0 Å². The summed E-state index contributed by atoms with van der Waals surface area (Å²) in [4.78, 5) is 0. The molecule has 0 aliphatic heterocycles. The fourth-order valence-electron chi connectivity index (χ4n) is 1.81. The van der Waals surface area contributed by atoms with Crippen molar-refractivity contribution in [2.45, 2.75) is 12.5 Å². The number of hydrogen-bond donors (Lipinski definition) is 1. The van der Waals surface area contributed by atoms with Crippen molar-refractivity contribution >= 4 is 0 Å². The molecule has 0 aromatic heterocycles. The highest BCUT2D eigenvalue weighted by Crippen LogP contribution is 2.20. The number of hydrogen-bond acceptors (Lipinski definition) is 1. The summed E-state index contributed by atoms with van der Waals surface area (Å²) < 4.78 is 39.3. The van der Waals surface area contributed by atoms with Gasteiger partial charge in [-0.05, 0) is 30.2 Å². The average Bonchev–Trinajstić information content (AvgIpc) is 2.34. The van der Waals surface area contributed by atoms with Crippen LogP contribution in [0.15, 0.2) is 42.5 Å². The molecule has 0 radical (unpaired) electrons. The van der Waals surface area contributed by atoms with Crippen molar-refractivity contribution in [3.05, 3.63) is 71.0 Å². The van der Waals surface area contributed by atoms with Gasteiger partial charge in [0.2, 0.25) is 0 Å². The van der Waals surface area contributed by atoms with Crippen molar-refractivity contribution in [2.24, 2.45) is 5.73 Å². The van der Waals surface area contributed by atoms with Gasteiger partial charge in [-0.1, -0.05) is 24.3 Å². The van der Waals surface area contributed by atoms with E-state index in [1.54, 1.807) is 18.2 Å². The van der Waals surface area contributed by atoms with E-state index in [-0.39, 0.29) is 6.42 Å². The maximum Gasteiger partial charge on any atom is 0.159 e. The summed E-state index contributed by atoms with van der Waals surface area (Å²) in [6, 6.07) is 9.14. The minimum absolute atomic E-state index is 0.248. The first-order valence-corrected chi connectivity index (χ1v) is 5.52. The number of nitrogens with two attached hydrogens (primary N) is 1. The Balaban J connectivity index is 2.19. The summed E-state index contributed by atoms with van der Waals surface area (Å²) in [5.41, 5.74) is 6.76. The molecule has 0 saturated carbocycles. The van der Waals surface area contributed by atoms with Crippen molar-refractivity contribution in [1.29, 1.82) is 0 Å². The summed E-state index contributed by atoms with van der Waals surface area (Å²) in [6.45, 7) is 0. The van der Waals surface area contributed by atoms with Gasteiger partial charge in [-0.3, -0.25) is 0 Å². The third kappa shape index (κ3) is 2.71. The Morgan fingerprint density at radius 3 is 2.28 bits per heavy atom. The van der Waals surface area contributed by atoms with Gasteiger partial charge in [-0.25, -0.2) is 13.2 Å². The molecule has 0 amide bonds. The smallest absolute Gasteiger partial charge is 0.159 e. The molecular formula is C14H12F3N. The molecule has 0 aliphatic carbocycles. The molecule has 0 spiro atoms. The van der Waals surface area contributed by atoms with Crippen LogP contribution < -0.4 is 5.73 Å². The second-order valence-corrected chi connectivity index (χ2v) is 4.08. The van der Waals surface area contributed by atoms with Crippen molar-refractivity contribution in [3.8, 4) is 0 Å². The minimum atomic E-state index is -0.923. The molecule has 0 bridgehead atoms. The standard InChI is InChI=1S/C14H12F3N/c15-11-4-2-1-3-10(11)14(18)8-9-5-6-12(16)13(17)7-9/h1-7,14H,8,18H2. The largest absolute Gasteiger partial charge is 0.324 e. The van der Waals surface area contributed by atoms with Crippen LogP contribution in [0.4, 0.5) is 13.2 Å². The zero-order valence-corrected chi connectivity index (χ0v) is 9.54. The Kier molecular flexibility index (Phi) is 3.67. The van der Waals surface area contributed by atoms with Crippen LogP contribution in [-0.2, 0) is 6.42 Å². The Hall–Kier alpha value is -1.81. The van der Waals surface area contributed by atoms with E-state index in [4.69, 9.17) is 5.73 Å². The van der Waals surface area contributed by atoms with E-state index in [0.717, 1.165) is 12.1 Å². The molecule has 4 heteroatoms. The number of halogens is 3. The number of benzene rings is 2. The molecular weight excluding hydrogens is 239 g/mol. The summed E-state index contributed by atoms with van der Waals surface area (Å²) >= 11 is 0.